The van der Waals surface area contributed by atoms with Crippen LogP contribution in [0.2, 0.25) is 0 Å². The number of nitrogens with zero attached hydrogens (tertiary/aromatic N) is 1. The van der Waals surface area contributed by atoms with E-state index in [0.717, 1.165) is 0 Å². The molecule has 0 heterocycles. The maximum absolute atomic E-state index is 13.4. The van der Waals surface area contributed by atoms with Crippen LogP contribution in [0.5, 0.6) is 0 Å². The van der Waals surface area contributed by atoms with Gasteiger partial charge in [-0.25, -0.2) is 22.0 Å². The Morgan fingerprint density at radius 1 is 1.00 bits per heavy atom. The van der Waals surface area contributed by atoms with Crippen LogP contribution in [-0.4, -0.2) is 0 Å². The summed E-state index contributed by atoms with van der Waals surface area (Å²) in [5.74, 6) is -10.6. The van der Waals surface area contributed by atoms with Gasteiger partial charge in [0.2, 0.25) is 5.82 Å². The van der Waals surface area contributed by atoms with Crippen LogP contribution in [0.1, 0.15) is 25.3 Å². The molecule has 0 N–H and O–H groups in total. The molecule has 0 aliphatic heterocycles. The molecule has 0 unspecified atom stereocenters. The van der Waals surface area contributed by atoms with E-state index < -0.39 is 39.7 Å². The highest BCUT2D eigenvalue weighted by Gasteiger charge is 2.28. The van der Waals surface area contributed by atoms with Gasteiger partial charge in [0, 0.05) is 5.57 Å². The molecule has 0 atom stereocenters. The highest BCUT2D eigenvalue weighted by Crippen LogP contribution is 2.33. The van der Waals surface area contributed by atoms with Crippen molar-refractivity contribution in [2.45, 2.75) is 19.8 Å². The van der Waals surface area contributed by atoms with Gasteiger partial charge in [0.15, 0.2) is 23.3 Å². The van der Waals surface area contributed by atoms with Crippen molar-refractivity contribution in [2.75, 3.05) is 0 Å². The lowest BCUT2D eigenvalue weighted by molar-refractivity contribution is 0.376. The molecular weight excluding hydrogens is 289 g/mol. The minimum Gasteiger partial charge on any atom is -0.203 e. The number of allylic oxidation sites excluding steroid dienone is 1. The summed E-state index contributed by atoms with van der Waals surface area (Å²) < 4.78 is 65.7. The first-order valence-electron chi connectivity index (χ1n) is 5.17. The second kappa shape index (κ2) is 6.02. The molecule has 19 heavy (non-hydrogen) atoms. The first kappa shape index (κ1) is 15.4. The molecule has 102 valence electrons. The van der Waals surface area contributed by atoms with Crippen LogP contribution < -0.4 is 0 Å². The smallest absolute Gasteiger partial charge is 0.200 e. The Labute approximate surface area is 110 Å². The van der Waals surface area contributed by atoms with Gasteiger partial charge in [0.25, 0.3) is 0 Å². The van der Waals surface area contributed by atoms with E-state index in [-0.39, 0.29) is 12.0 Å². The maximum atomic E-state index is 13.4. The molecule has 0 aromatic heterocycles. The molecule has 0 radical (unpaired) electrons. The topological polar surface area (TPSA) is 23.8 Å². The molecule has 0 saturated carbocycles. The molecule has 0 fully saturated rings. The first-order valence-corrected chi connectivity index (χ1v) is 5.55. The predicted octanol–water partition coefficient (Wildman–Crippen LogP) is 4.66. The minimum absolute atomic E-state index is 0.0643. The van der Waals surface area contributed by atoms with Gasteiger partial charge in [-0.05, 0) is 6.42 Å². The number of halogens is 6. The van der Waals surface area contributed by atoms with Crippen LogP contribution >= 0.6 is 11.6 Å². The van der Waals surface area contributed by atoms with Gasteiger partial charge >= 0.3 is 0 Å². The lowest BCUT2D eigenvalue weighted by Gasteiger charge is -2.08. The van der Waals surface area contributed by atoms with Crippen molar-refractivity contribution < 1.29 is 22.0 Å². The fourth-order valence-corrected chi connectivity index (χ4v) is 1.72. The molecule has 7 heteroatoms. The van der Waals surface area contributed by atoms with Crippen molar-refractivity contribution >= 4 is 16.6 Å². The fraction of sp³-hybridized carbons (Fsp3) is 0.250. The molecule has 1 rings (SSSR count). The monoisotopic (exact) mass is 295 g/mol. The summed E-state index contributed by atoms with van der Waals surface area (Å²) in [5, 5.41) is 8.00. The Kier molecular flexibility index (Phi) is 4.90. The van der Waals surface area contributed by atoms with Crippen LogP contribution in [0.15, 0.2) is 5.57 Å². The number of rotatable bonds is 3. The number of hydrogen-bond acceptors (Lipinski definition) is 1. The molecule has 0 aliphatic carbocycles. The molecule has 0 bridgehead atoms. The summed E-state index contributed by atoms with van der Waals surface area (Å²) in [6.07, 6.45) is 0.489. The Morgan fingerprint density at radius 2 is 1.42 bits per heavy atom. The normalized spacial score (nSPS) is 12.1. The third-order valence-corrected chi connectivity index (χ3v) is 2.75. The van der Waals surface area contributed by atoms with Gasteiger partial charge < -0.3 is 0 Å². The van der Waals surface area contributed by atoms with E-state index in [1.54, 1.807) is 13.0 Å². The van der Waals surface area contributed by atoms with Crippen molar-refractivity contribution in [3.63, 3.8) is 0 Å². The van der Waals surface area contributed by atoms with E-state index >= 15 is 0 Å². The zero-order valence-corrected chi connectivity index (χ0v) is 10.4. The number of nitriles is 1. The van der Waals surface area contributed by atoms with E-state index in [1.807, 2.05) is 0 Å². The van der Waals surface area contributed by atoms with Crippen LogP contribution in [0.25, 0.3) is 5.03 Å². The standard InChI is InChI=1S/C12H7ClF5N/c1-2-3-5(4-19)7(13)6-8(14)10(16)12(18)11(17)9(6)15/h2-3H2,1H3. The van der Waals surface area contributed by atoms with Crippen molar-refractivity contribution in [3.8, 4) is 6.07 Å². The maximum Gasteiger partial charge on any atom is 0.200 e. The van der Waals surface area contributed by atoms with Gasteiger partial charge in [-0.2, -0.15) is 5.26 Å². The molecule has 1 aromatic carbocycles. The lowest BCUT2D eigenvalue weighted by Crippen LogP contribution is -2.06. The van der Waals surface area contributed by atoms with Crippen molar-refractivity contribution in [1.29, 1.82) is 5.26 Å². The van der Waals surface area contributed by atoms with E-state index in [0.29, 0.717) is 6.42 Å². The van der Waals surface area contributed by atoms with E-state index in [9.17, 15) is 22.0 Å². The Balaban J connectivity index is 3.66. The zero-order chi connectivity index (χ0) is 14.7. The fourth-order valence-electron chi connectivity index (χ4n) is 1.41. The average Bonchev–Trinajstić information content (AvgIpc) is 2.40. The molecule has 0 spiro atoms. The Hall–Kier alpha value is -1.61. The van der Waals surface area contributed by atoms with E-state index in [1.165, 1.54) is 0 Å². The Morgan fingerprint density at radius 3 is 1.79 bits per heavy atom. The van der Waals surface area contributed by atoms with Crippen LogP contribution in [0.3, 0.4) is 0 Å². The summed E-state index contributed by atoms with van der Waals surface area (Å²) in [4.78, 5) is 0. The summed E-state index contributed by atoms with van der Waals surface area (Å²) in [5.41, 5.74) is -1.52. The van der Waals surface area contributed by atoms with Gasteiger partial charge in [0.05, 0.1) is 16.7 Å². The first-order chi connectivity index (χ1) is 8.86. The molecular formula is C12H7ClF5N. The van der Waals surface area contributed by atoms with Gasteiger partial charge in [-0.15, -0.1) is 0 Å². The highest BCUT2D eigenvalue weighted by molar-refractivity contribution is 6.49. The van der Waals surface area contributed by atoms with Crippen molar-refractivity contribution in [1.82, 2.24) is 0 Å². The van der Waals surface area contributed by atoms with Crippen LogP contribution in [-0.2, 0) is 0 Å². The molecule has 0 saturated heterocycles. The number of hydrogen-bond donors (Lipinski definition) is 0. The summed E-state index contributed by atoms with van der Waals surface area (Å²) >= 11 is 5.58. The second-order valence-electron chi connectivity index (χ2n) is 3.60. The van der Waals surface area contributed by atoms with Crippen molar-refractivity contribution in [2.24, 2.45) is 0 Å². The third kappa shape index (κ3) is 2.71. The molecule has 1 nitrogen and oxygen atoms in total. The summed E-state index contributed by atoms with van der Waals surface area (Å²) in [6, 6.07) is 1.58. The zero-order valence-electron chi connectivity index (χ0n) is 9.63. The summed E-state index contributed by atoms with van der Waals surface area (Å²) in [6.45, 7) is 1.67. The SMILES string of the molecule is CCCC(C#N)=C(Cl)c1c(F)c(F)c(F)c(F)c1F. The molecule has 1 aromatic rings. The lowest BCUT2D eigenvalue weighted by atomic mass is 10.1. The van der Waals surface area contributed by atoms with E-state index in [2.05, 4.69) is 0 Å². The molecule has 0 amide bonds. The quantitative estimate of drug-likeness (QED) is 0.344. The predicted molar refractivity (Wildman–Crippen MR) is 59.5 cm³/mol. The number of benzene rings is 1. The largest absolute Gasteiger partial charge is 0.203 e. The van der Waals surface area contributed by atoms with Crippen LogP contribution in [0, 0.1) is 40.4 Å². The third-order valence-electron chi connectivity index (χ3n) is 2.33. The van der Waals surface area contributed by atoms with Gasteiger partial charge in [0.1, 0.15) is 0 Å². The Bertz CT molecular complexity index is 560. The van der Waals surface area contributed by atoms with E-state index in [4.69, 9.17) is 16.9 Å². The van der Waals surface area contributed by atoms with Crippen molar-refractivity contribution in [3.05, 3.63) is 40.2 Å². The molecule has 0 aliphatic rings. The average molecular weight is 296 g/mol. The van der Waals surface area contributed by atoms with Gasteiger partial charge in [-0.1, -0.05) is 24.9 Å². The van der Waals surface area contributed by atoms with Gasteiger partial charge in [-0.3, -0.25) is 0 Å². The highest BCUT2D eigenvalue weighted by atomic mass is 35.5. The minimum atomic E-state index is -2.27. The summed E-state index contributed by atoms with van der Waals surface area (Å²) in [7, 11) is 0. The second-order valence-corrected chi connectivity index (χ2v) is 3.98. The van der Waals surface area contributed by atoms with Crippen LogP contribution in [0.4, 0.5) is 22.0 Å².